The van der Waals surface area contributed by atoms with Crippen LogP contribution in [0.2, 0.25) is 0 Å². The lowest BCUT2D eigenvalue weighted by Crippen LogP contribution is -2.43. The molecule has 1 fully saturated rings. The van der Waals surface area contributed by atoms with Crippen LogP contribution in [0.15, 0.2) is 24.3 Å². The van der Waals surface area contributed by atoms with Crippen LogP contribution in [0.5, 0.6) is 5.75 Å². The fraction of sp³-hybridized carbons (Fsp3) is 0.632. The number of carbonyl (C=O) groups excluding carboxylic acids is 1. The second-order valence-corrected chi connectivity index (χ2v) is 7.01. The molecule has 0 spiro atoms. The number of nitrogens with one attached hydrogen (secondary N) is 1. The maximum atomic E-state index is 12.7. The quantitative estimate of drug-likeness (QED) is 0.784. The van der Waals surface area contributed by atoms with Crippen molar-refractivity contribution in [2.75, 3.05) is 45.7 Å². The Balaban J connectivity index is 1.94. The molecule has 1 heterocycles. The topological polar surface area (TPSA) is 54.0 Å². The standard InChI is InChI=1S/C19H31N3O3/c1-15(2)25-17-9-7-16(8-10-17)20-19(23)22(12-11-21(3)4)14-18-6-5-13-24-18/h7-10,15,18H,5-6,11-14H2,1-4H3,(H,20,23). The molecule has 1 aromatic carbocycles. The van der Waals surface area contributed by atoms with Gasteiger partial charge in [-0.3, -0.25) is 0 Å². The van der Waals surface area contributed by atoms with Crippen LogP contribution in [0.1, 0.15) is 26.7 Å². The Kier molecular flexibility index (Phi) is 7.52. The number of hydrogen-bond donors (Lipinski definition) is 1. The number of hydrogen-bond acceptors (Lipinski definition) is 4. The summed E-state index contributed by atoms with van der Waals surface area (Å²) in [5.41, 5.74) is 0.767. The first kappa shape index (κ1) is 19.5. The Morgan fingerprint density at radius 2 is 2.00 bits per heavy atom. The molecule has 6 heteroatoms. The van der Waals surface area contributed by atoms with Crippen molar-refractivity contribution in [2.45, 2.75) is 38.9 Å². The minimum absolute atomic E-state index is 0.0881. The Bertz CT molecular complexity index is 525. The highest BCUT2D eigenvalue weighted by molar-refractivity contribution is 5.89. The zero-order valence-corrected chi connectivity index (χ0v) is 15.8. The third-order valence-corrected chi connectivity index (χ3v) is 4.03. The van der Waals surface area contributed by atoms with E-state index in [1.165, 1.54) is 0 Å². The van der Waals surface area contributed by atoms with Crippen LogP contribution in [0.4, 0.5) is 10.5 Å². The lowest BCUT2D eigenvalue weighted by atomic mass is 10.2. The molecule has 1 aliphatic heterocycles. The third kappa shape index (κ3) is 6.92. The van der Waals surface area contributed by atoms with Crippen molar-refractivity contribution in [1.29, 1.82) is 0 Å². The fourth-order valence-corrected chi connectivity index (χ4v) is 2.72. The molecule has 2 amide bonds. The molecule has 1 aliphatic rings. The molecule has 140 valence electrons. The molecule has 1 aromatic rings. The number of ether oxygens (including phenoxy) is 2. The van der Waals surface area contributed by atoms with Gasteiger partial charge in [-0.2, -0.15) is 0 Å². The van der Waals surface area contributed by atoms with Crippen molar-refractivity contribution in [1.82, 2.24) is 9.80 Å². The average molecular weight is 349 g/mol. The molecule has 6 nitrogen and oxygen atoms in total. The number of benzene rings is 1. The van der Waals surface area contributed by atoms with E-state index in [1.807, 2.05) is 57.1 Å². The number of urea groups is 1. The monoisotopic (exact) mass is 349 g/mol. The Morgan fingerprint density at radius 3 is 2.56 bits per heavy atom. The van der Waals surface area contributed by atoms with Gasteiger partial charge in [-0.1, -0.05) is 0 Å². The van der Waals surface area contributed by atoms with Gasteiger partial charge in [0.15, 0.2) is 0 Å². The van der Waals surface area contributed by atoms with Crippen LogP contribution in [0.3, 0.4) is 0 Å². The summed E-state index contributed by atoms with van der Waals surface area (Å²) in [6.07, 6.45) is 2.38. The SMILES string of the molecule is CC(C)Oc1ccc(NC(=O)N(CCN(C)C)CC2CCCO2)cc1. The van der Waals surface area contributed by atoms with Gasteiger partial charge in [-0.05, 0) is 65.0 Å². The molecule has 1 unspecified atom stereocenters. The van der Waals surface area contributed by atoms with Gasteiger partial charge in [0.05, 0.1) is 12.2 Å². The number of nitrogens with zero attached hydrogens (tertiary/aromatic N) is 2. The maximum absolute atomic E-state index is 12.7. The van der Waals surface area contributed by atoms with Crippen LogP contribution in [-0.2, 0) is 4.74 Å². The molecule has 25 heavy (non-hydrogen) atoms. The van der Waals surface area contributed by atoms with E-state index in [0.29, 0.717) is 13.1 Å². The first-order valence-electron chi connectivity index (χ1n) is 9.03. The first-order chi connectivity index (χ1) is 11.9. The van der Waals surface area contributed by atoms with E-state index >= 15 is 0 Å². The summed E-state index contributed by atoms with van der Waals surface area (Å²) in [5.74, 6) is 0.803. The van der Waals surface area contributed by atoms with Gasteiger partial charge in [0.2, 0.25) is 0 Å². The van der Waals surface area contributed by atoms with Gasteiger partial charge in [0.25, 0.3) is 0 Å². The predicted molar refractivity (Wildman–Crippen MR) is 100 cm³/mol. The van der Waals surface area contributed by atoms with Gasteiger partial charge >= 0.3 is 6.03 Å². The van der Waals surface area contributed by atoms with Gasteiger partial charge in [0.1, 0.15) is 5.75 Å². The van der Waals surface area contributed by atoms with Crippen LogP contribution >= 0.6 is 0 Å². The minimum atomic E-state index is -0.0881. The molecule has 0 aromatic heterocycles. The summed E-state index contributed by atoms with van der Waals surface area (Å²) in [7, 11) is 4.02. The van der Waals surface area contributed by atoms with Crippen molar-refractivity contribution in [3.05, 3.63) is 24.3 Å². The van der Waals surface area contributed by atoms with Crippen LogP contribution in [0.25, 0.3) is 0 Å². The molecule has 0 saturated carbocycles. The Morgan fingerprint density at radius 1 is 1.28 bits per heavy atom. The van der Waals surface area contributed by atoms with Crippen LogP contribution in [-0.4, -0.2) is 68.4 Å². The van der Waals surface area contributed by atoms with Gasteiger partial charge in [-0.25, -0.2) is 4.79 Å². The van der Waals surface area contributed by atoms with Crippen molar-refractivity contribution >= 4 is 11.7 Å². The third-order valence-electron chi connectivity index (χ3n) is 4.03. The van der Waals surface area contributed by atoms with Crippen molar-refractivity contribution in [3.8, 4) is 5.75 Å². The van der Waals surface area contributed by atoms with E-state index in [0.717, 1.165) is 37.4 Å². The molecule has 0 bridgehead atoms. The zero-order chi connectivity index (χ0) is 18.2. The summed E-state index contributed by atoms with van der Waals surface area (Å²) in [5, 5.41) is 2.98. The molecule has 1 N–H and O–H groups in total. The number of rotatable bonds is 8. The van der Waals surface area contributed by atoms with Gasteiger partial charge in [0, 0.05) is 31.9 Å². The highest BCUT2D eigenvalue weighted by atomic mass is 16.5. The fourth-order valence-electron chi connectivity index (χ4n) is 2.72. The second-order valence-electron chi connectivity index (χ2n) is 7.01. The van der Waals surface area contributed by atoms with E-state index in [9.17, 15) is 4.79 Å². The second kappa shape index (κ2) is 9.63. The largest absolute Gasteiger partial charge is 0.491 e. The number of anilines is 1. The molecule has 1 atom stereocenters. The van der Waals surface area contributed by atoms with Crippen molar-refractivity contribution in [3.63, 3.8) is 0 Å². The van der Waals surface area contributed by atoms with Crippen molar-refractivity contribution < 1.29 is 14.3 Å². The molecule has 0 radical (unpaired) electrons. The van der Waals surface area contributed by atoms with Crippen LogP contribution < -0.4 is 10.1 Å². The normalized spacial score (nSPS) is 17.1. The molecule has 2 rings (SSSR count). The minimum Gasteiger partial charge on any atom is -0.491 e. The Labute approximate surface area is 151 Å². The van der Waals surface area contributed by atoms with E-state index in [4.69, 9.17) is 9.47 Å². The Hall–Kier alpha value is -1.79. The summed E-state index contributed by atoms with van der Waals surface area (Å²) in [6.45, 7) is 6.90. The highest BCUT2D eigenvalue weighted by Crippen LogP contribution is 2.18. The summed E-state index contributed by atoms with van der Waals surface area (Å²) >= 11 is 0. The number of amides is 2. The molecule has 0 aliphatic carbocycles. The average Bonchev–Trinajstić information content (AvgIpc) is 3.05. The highest BCUT2D eigenvalue weighted by Gasteiger charge is 2.22. The van der Waals surface area contributed by atoms with E-state index in [1.54, 1.807) is 0 Å². The summed E-state index contributed by atoms with van der Waals surface area (Å²) < 4.78 is 11.3. The molecular formula is C19H31N3O3. The van der Waals surface area contributed by atoms with E-state index in [-0.39, 0.29) is 18.2 Å². The van der Waals surface area contributed by atoms with Gasteiger partial charge < -0.3 is 24.6 Å². The first-order valence-corrected chi connectivity index (χ1v) is 9.03. The molecular weight excluding hydrogens is 318 g/mol. The predicted octanol–water partition coefficient (Wildman–Crippen LogP) is 3.05. The summed E-state index contributed by atoms with van der Waals surface area (Å²) in [6, 6.07) is 7.40. The number of likely N-dealkylation sites (N-methyl/N-ethyl adjacent to an activating group) is 1. The number of carbonyl (C=O) groups is 1. The van der Waals surface area contributed by atoms with E-state index < -0.39 is 0 Å². The molecule has 1 saturated heterocycles. The van der Waals surface area contributed by atoms with Gasteiger partial charge in [-0.15, -0.1) is 0 Å². The van der Waals surface area contributed by atoms with E-state index in [2.05, 4.69) is 10.2 Å². The van der Waals surface area contributed by atoms with Crippen molar-refractivity contribution in [2.24, 2.45) is 0 Å². The lowest BCUT2D eigenvalue weighted by Gasteiger charge is -2.27. The summed E-state index contributed by atoms with van der Waals surface area (Å²) in [4.78, 5) is 16.6. The maximum Gasteiger partial charge on any atom is 0.321 e. The smallest absolute Gasteiger partial charge is 0.321 e. The lowest BCUT2D eigenvalue weighted by molar-refractivity contribution is 0.0820. The van der Waals surface area contributed by atoms with Crippen LogP contribution in [0, 0.1) is 0 Å². The zero-order valence-electron chi connectivity index (χ0n) is 15.8.